The molecule has 2 N–H and O–H groups in total. The highest BCUT2D eigenvalue weighted by atomic mass is 35.5. The van der Waals surface area contributed by atoms with Crippen molar-refractivity contribution in [2.45, 2.75) is 12.6 Å². The first-order chi connectivity index (χ1) is 11.0. The molecule has 0 saturated carbocycles. The summed E-state index contributed by atoms with van der Waals surface area (Å²) in [5.74, 6) is -0.925. The Hall–Kier alpha value is -2.24. The number of phenolic OH excluding ortho intramolecular Hbond substituents is 2. The van der Waals surface area contributed by atoms with Gasteiger partial charge in [-0.1, -0.05) is 35.9 Å². The smallest absolute Gasteiger partial charge is 0.258 e. The molecule has 23 heavy (non-hydrogen) atoms. The Morgan fingerprint density at radius 3 is 2.78 bits per heavy atom. The van der Waals surface area contributed by atoms with E-state index in [1.165, 1.54) is 6.07 Å². The van der Waals surface area contributed by atoms with Crippen LogP contribution in [0.3, 0.4) is 0 Å². The zero-order chi connectivity index (χ0) is 16.6. The summed E-state index contributed by atoms with van der Waals surface area (Å²) in [6.45, 7) is 0.788. The van der Waals surface area contributed by atoms with E-state index < -0.39 is 0 Å². The third-order valence-corrected chi connectivity index (χ3v) is 4.31. The Labute approximate surface area is 138 Å². The van der Waals surface area contributed by atoms with Gasteiger partial charge in [-0.15, -0.1) is 0 Å². The largest absolute Gasteiger partial charge is 0.507 e. The minimum atomic E-state index is -0.359. The fourth-order valence-electron chi connectivity index (χ4n) is 2.89. The van der Waals surface area contributed by atoms with Crippen LogP contribution in [-0.4, -0.2) is 34.7 Å². The van der Waals surface area contributed by atoms with Crippen molar-refractivity contribution in [2.24, 2.45) is 0 Å². The summed E-state index contributed by atoms with van der Waals surface area (Å²) in [7, 11) is 1.58. The van der Waals surface area contributed by atoms with Gasteiger partial charge in [0.1, 0.15) is 11.5 Å². The molecule has 0 bridgehead atoms. The number of carbonyl (C=O) groups is 1. The van der Waals surface area contributed by atoms with E-state index in [4.69, 9.17) is 16.3 Å². The fraction of sp³-hybridized carbons (Fsp3) is 0.235. The normalized spacial score (nSPS) is 16.4. The van der Waals surface area contributed by atoms with Crippen molar-refractivity contribution in [1.82, 2.24) is 4.90 Å². The van der Waals surface area contributed by atoms with E-state index in [1.54, 1.807) is 12.0 Å². The van der Waals surface area contributed by atoms with Crippen LogP contribution in [0.15, 0.2) is 36.4 Å². The average molecular weight is 334 g/mol. The fourth-order valence-corrected chi connectivity index (χ4v) is 3.06. The summed E-state index contributed by atoms with van der Waals surface area (Å²) in [6, 6.07) is 9.91. The van der Waals surface area contributed by atoms with Gasteiger partial charge in [0.25, 0.3) is 5.91 Å². The number of ether oxygens (including phenoxy) is 1. The van der Waals surface area contributed by atoms with E-state index in [2.05, 4.69) is 0 Å². The van der Waals surface area contributed by atoms with Crippen molar-refractivity contribution in [3.63, 3.8) is 0 Å². The number of rotatable bonds is 3. The molecule has 0 fully saturated rings. The molecule has 1 heterocycles. The molecule has 6 heteroatoms. The summed E-state index contributed by atoms with van der Waals surface area (Å²) in [5.41, 5.74) is 2.14. The van der Waals surface area contributed by atoms with Crippen molar-refractivity contribution in [3.05, 3.63) is 58.1 Å². The summed E-state index contributed by atoms with van der Waals surface area (Å²) >= 11 is 5.87. The van der Waals surface area contributed by atoms with Crippen molar-refractivity contribution in [3.8, 4) is 11.5 Å². The van der Waals surface area contributed by atoms with E-state index >= 15 is 0 Å². The summed E-state index contributed by atoms with van der Waals surface area (Å²) in [5, 5.41) is 19.5. The zero-order valence-corrected chi connectivity index (χ0v) is 13.2. The van der Waals surface area contributed by atoms with E-state index in [0.29, 0.717) is 13.2 Å². The lowest BCUT2D eigenvalue weighted by Crippen LogP contribution is -2.32. The maximum absolute atomic E-state index is 12.9. The molecule has 1 amide bonds. The number of amides is 1. The Morgan fingerprint density at radius 2 is 2.04 bits per heavy atom. The first kappa shape index (κ1) is 15.6. The number of halogens is 1. The molecule has 1 unspecified atom stereocenters. The minimum Gasteiger partial charge on any atom is -0.507 e. The van der Waals surface area contributed by atoms with Gasteiger partial charge in [-0.3, -0.25) is 4.79 Å². The number of aromatic hydroxyl groups is 2. The number of hydrogen-bond donors (Lipinski definition) is 2. The molecule has 120 valence electrons. The standard InChI is InChI=1S/C17H16ClNO4/c1-23-9-14-11-5-3-2-4-10(11)8-19(14)17(22)12-6-13(18)16(21)7-15(12)20/h2-7,14,20-21H,8-9H2,1H3. The third kappa shape index (κ3) is 2.73. The molecule has 0 spiro atoms. The lowest BCUT2D eigenvalue weighted by molar-refractivity contribution is 0.0557. The number of benzene rings is 2. The van der Waals surface area contributed by atoms with Gasteiger partial charge in [-0.2, -0.15) is 0 Å². The highest BCUT2D eigenvalue weighted by Crippen LogP contribution is 2.38. The monoisotopic (exact) mass is 333 g/mol. The van der Waals surface area contributed by atoms with Crippen LogP contribution in [0.4, 0.5) is 0 Å². The van der Waals surface area contributed by atoms with Crippen LogP contribution in [0.2, 0.25) is 5.02 Å². The Bertz CT molecular complexity index is 762. The predicted octanol–water partition coefficient (Wildman–Crippen LogP) is 3.09. The summed E-state index contributed by atoms with van der Waals surface area (Å²) in [6.07, 6.45) is 0. The van der Waals surface area contributed by atoms with Crippen LogP contribution in [0.5, 0.6) is 11.5 Å². The molecule has 0 saturated heterocycles. The van der Waals surface area contributed by atoms with E-state index in [-0.39, 0.29) is 34.0 Å². The third-order valence-electron chi connectivity index (χ3n) is 4.01. The molecular weight excluding hydrogens is 318 g/mol. The predicted molar refractivity (Wildman–Crippen MR) is 85.7 cm³/mol. The highest BCUT2D eigenvalue weighted by molar-refractivity contribution is 6.32. The molecule has 3 rings (SSSR count). The topological polar surface area (TPSA) is 70.0 Å². The van der Waals surface area contributed by atoms with E-state index in [0.717, 1.165) is 17.2 Å². The average Bonchev–Trinajstić information content (AvgIpc) is 2.90. The van der Waals surface area contributed by atoms with Gasteiger partial charge in [0.05, 0.1) is 23.2 Å². The molecule has 2 aromatic carbocycles. The summed E-state index contributed by atoms with van der Waals surface area (Å²) in [4.78, 5) is 14.5. The van der Waals surface area contributed by atoms with Gasteiger partial charge in [-0.05, 0) is 17.2 Å². The van der Waals surface area contributed by atoms with Crippen molar-refractivity contribution in [1.29, 1.82) is 0 Å². The maximum Gasteiger partial charge on any atom is 0.258 e. The van der Waals surface area contributed by atoms with Crippen molar-refractivity contribution in [2.75, 3.05) is 13.7 Å². The van der Waals surface area contributed by atoms with Crippen LogP contribution in [0.1, 0.15) is 27.5 Å². The van der Waals surface area contributed by atoms with E-state index in [1.807, 2.05) is 24.3 Å². The van der Waals surface area contributed by atoms with Gasteiger partial charge >= 0.3 is 0 Å². The molecule has 1 atom stereocenters. The zero-order valence-electron chi connectivity index (χ0n) is 12.5. The molecule has 1 aliphatic heterocycles. The van der Waals surface area contributed by atoms with Crippen molar-refractivity contribution < 1.29 is 19.7 Å². The molecule has 0 aliphatic carbocycles. The second-order valence-corrected chi connectivity index (χ2v) is 5.83. The lowest BCUT2D eigenvalue weighted by Gasteiger charge is -2.25. The van der Waals surface area contributed by atoms with Crippen molar-refractivity contribution >= 4 is 17.5 Å². The van der Waals surface area contributed by atoms with E-state index in [9.17, 15) is 15.0 Å². The Morgan fingerprint density at radius 1 is 1.30 bits per heavy atom. The van der Waals surface area contributed by atoms with Gasteiger partial charge in [0.2, 0.25) is 0 Å². The second-order valence-electron chi connectivity index (χ2n) is 5.42. The number of methoxy groups -OCH3 is 1. The number of hydrogen-bond acceptors (Lipinski definition) is 4. The maximum atomic E-state index is 12.9. The minimum absolute atomic E-state index is 0.0196. The first-order valence-corrected chi connectivity index (χ1v) is 7.50. The first-order valence-electron chi connectivity index (χ1n) is 7.12. The highest BCUT2D eigenvalue weighted by Gasteiger charge is 2.34. The van der Waals surface area contributed by atoms with Gasteiger partial charge in [0.15, 0.2) is 0 Å². The lowest BCUT2D eigenvalue weighted by atomic mass is 10.1. The molecule has 0 aromatic heterocycles. The molecular formula is C17H16ClNO4. The molecule has 2 aromatic rings. The van der Waals surface area contributed by atoms with Crippen LogP contribution < -0.4 is 0 Å². The molecule has 0 radical (unpaired) electrons. The molecule has 1 aliphatic rings. The van der Waals surface area contributed by atoms with Crippen LogP contribution in [0, 0.1) is 0 Å². The summed E-state index contributed by atoms with van der Waals surface area (Å²) < 4.78 is 5.25. The number of carbonyl (C=O) groups excluding carboxylic acids is 1. The molecule has 5 nitrogen and oxygen atoms in total. The van der Waals surface area contributed by atoms with Gasteiger partial charge < -0.3 is 19.8 Å². The Balaban J connectivity index is 1.98. The van der Waals surface area contributed by atoms with Gasteiger partial charge in [0, 0.05) is 19.7 Å². The number of phenols is 2. The number of nitrogens with zero attached hydrogens (tertiary/aromatic N) is 1. The quantitative estimate of drug-likeness (QED) is 0.905. The van der Waals surface area contributed by atoms with Crippen LogP contribution in [-0.2, 0) is 11.3 Å². The van der Waals surface area contributed by atoms with Crippen LogP contribution in [0.25, 0.3) is 0 Å². The number of fused-ring (bicyclic) bond motifs is 1. The van der Waals surface area contributed by atoms with Crippen LogP contribution >= 0.6 is 11.6 Å². The Kier molecular flexibility index (Phi) is 4.15. The van der Waals surface area contributed by atoms with Gasteiger partial charge in [-0.25, -0.2) is 0 Å². The SMILES string of the molecule is COCC1c2ccccc2CN1C(=O)c1cc(Cl)c(O)cc1O. The second kappa shape index (κ2) is 6.10.